The van der Waals surface area contributed by atoms with Crippen LogP contribution >= 0.6 is 0 Å². The topological polar surface area (TPSA) is 29.1 Å². The van der Waals surface area contributed by atoms with Gasteiger partial charge in [-0.05, 0) is 37.0 Å². The summed E-state index contributed by atoms with van der Waals surface area (Å²) in [7, 11) is 0. The third-order valence-electron chi connectivity index (χ3n) is 4.67. The minimum Gasteiger partial charge on any atom is -0.338 e. The van der Waals surface area contributed by atoms with E-state index in [2.05, 4.69) is 32.3 Å². The van der Waals surface area contributed by atoms with Gasteiger partial charge in [-0.2, -0.15) is 13.2 Å². The Labute approximate surface area is 124 Å². The first kappa shape index (κ1) is 17.8. The Hall–Kier alpha value is -1.26. The van der Waals surface area contributed by atoms with Gasteiger partial charge < -0.3 is 5.32 Å². The molecule has 2 aliphatic rings. The molecule has 1 fully saturated rings. The highest BCUT2D eigenvalue weighted by molar-refractivity contribution is 5.94. The van der Waals surface area contributed by atoms with E-state index in [1.54, 1.807) is 6.08 Å². The normalized spacial score (nSPS) is 26.0. The highest BCUT2D eigenvalue weighted by atomic mass is 19.4. The van der Waals surface area contributed by atoms with Crippen LogP contribution in [0.1, 0.15) is 46.5 Å². The zero-order valence-electron chi connectivity index (χ0n) is 12.9. The molecule has 0 heterocycles. The predicted molar refractivity (Wildman–Crippen MR) is 77.7 cm³/mol. The van der Waals surface area contributed by atoms with Gasteiger partial charge in [-0.3, -0.25) is 4.79 Å². The Bertz CT molecular complexity index is 433. The second kappa shape index (κ2) is 5.85. The fourth-order valence-corrected chi connectivity index (χ4v) is 2.36. The van der Waals surface area contributed by atoms with Gasteiger partial charge in [0.05, 0.1) is 0 Å². The standard InChI is InChI=1S/C14H20F3NO.C2H4/c1-9-8-10(4-5-12(9,2)3)11(19)18-13(6-7-13)14(15,16)17;1-2/h4,9H,5-8H2,1-3H3,(H,18,19);1-2H2. The van der Waals surface area contributed by atoms with E-state index < -0.39 is 17.6 Å². The van der Waals surface area contributed by atoms with E-state index in [1.807, 2.05) is 6.92 Å². The van der Waals surface area contributed by atoms with E-state index >= 15 is 0 Å². The first-order chi connectivity index (χ1) is 9.57. The van der Waals surface area contributed by atoms with E-state index in [-0.39, 0.29) is 18.3 Å². The van der Waals surface area contributed by atoms with Crippen LogP contribution in [0.3, 0.4) is 0 Å². The highest BCUT2D eigenvalue weighted by Gasteiger charge is 2.64. The molecule has 1 unspecified atom stereocenters. The van der Waals surface area contributed by atoms with Crippen molar-refractivity contribution in [3.05, 3.63) is 24.8 Å². The van der Waals surface area contributed by atoms with Crippen molar-refractivity contribution in [3.63, 3.8) is 0 Å². The Morgan fingerprint density at radius 3 is 2.24 bits per heavy atom. The summed E-state index contributed by atoms with van der Waals surface area (Å²) in [6, 6.07) is 0. The summed E-state index contributed by atoms with van der Waals surface area (Å²) in [4.78, 5) is 12.0. The largest absolute Gasteiger partial charge is 0.411 e. The zero-order valence-corrected chi connectivity index (χ0v) is 12.9. The van der Waals surface area contributed by atoms with Gasteiger partial charge in [0.25, 0.3) is 0 Å². The number of allylic oxidation sites excluding steroid dienone is 1. The molecule has 5 heteroatoms. The molecule has 0 aromatic heterocycles. The summed E-state index contributed by atoms with van der Waals surface area (Å²) >= 11 is 0. The van der Waals surface area contributed by atoms with E-state index in [0.717, 1.165) is 6.42 Å². The molecule has 120 valence electrons. The van der Waals surface area contributed by atoms with Crippen LogP contribution in [0.5, 0.6) is 0 Å². The van der Waals surface area contributed by atoms with Gasteiger partial charge in [0.15, 0.2) is 0 Å². The van der Waals surface area contributed by atoms with E-state index in [4.69, 9.17) is 0 Å². The van der Waals surface area contributed by atoms with Gasteiger partial charge in [0.1, 0.15) is 5.54 Å². The quantitative estimate of drug-likeness (QED) is 0.754. The molecule has 2 aliphatic carbocycles. The summed E-state index contributed by atoms with van der Waals surface area (Å²) in [5, 5.41) is 2.19. The number of alkyl halides is 3. The molecule has 0 saturated heterocycles. The number of carbonyl (C=O) groups excluding carboxylic acids is 1. The van der Waals surface area contributed by atoms with E-state index in [1.165, 1.54) is 0 Å². The SMILES string of the molecule is C=C.CC1CC(C(=O)NC2(C(F)(F)F)CC2)=CCC1(C)C. The molecule has 1 amide bonds. The summed E-state index contributed by atoms with van der Waals surface area (Å²) in [5.74, 6) is -0.253. The van der Waals surface area contributed by atoms with Crippen molar-refractivity contribution in [1.82, 2.24) is 5.32 Å². The molecule has 1 saturated carbocycles. The van der Waals surface area contributed by atoms with Crippen LogP contribution in [0, 0.1) is 11.3 Å². The van der Waals surface area contributed by atoms with Crippen LogP contribution in [0.15, 0.2) is 24.8 Å². The number of rotatable bonds is 2. The molecule has 0 aromatic carbocycles. The van der Waals surface area contributed by atoms with Gasteiger partial charge in [-0.1, -0.05) is 26.8 Å². The summed E-state index contributed by atoms with van der Waals surface area (Å²) in [6.07, 6.45) is -1.28. The first-order valence-corrected chi connectivity index (χ1v) is 7.16. The molecule has 2 nitrogen and oxygen atoms in total. The van der Waals surface area contributed by atoms with Crippen molar-refractivity contribution in [2.75, 3.05) is 0 Å². The number of hydrogen-bond donors (Lipinski definition) is 1. The number of carbonyl (C=O) groups is 1. The first-order valence-electron chi connectivity index (χ1n) is 7.16. The monoisotopic (exact) mass is 303 g/mol. The summed E-state index contributed by atoms with van der Waals surface area (Å²) < 4.78 is 38.4. The van der Waals surface area contributed by atoms with E-state index in [9.17, 15) is 18.0 Å². The Morgan fingerprint density at radius 1 is 1.33 bits per heavy atom. The minimum atomic E-state index is -4.34. The predicted octanol–water partition coefficient (Wildman–Crippen LogP) is 4.38. The molecule has 0 radical (unpaired) electrons. The average Bonchev–Trinajstić information content (AvgIpc) is 3.15. The van der Waals surface area contributed by atoms with Gasteiger partial charge in [-0.25, -0.2) is 0 Å². The molecule has 0 spiro atoms. The fraction of sp³-hybridized carbons (Fsp3) is 0.688. The maximum absolute atomic E-state index is 12.8. The van der Waals surface area contributed by atoms with Gasteiger partial charge in [-0.15, -0.1) is 13.2 Å². The average molecular weight is 303 g/mol. The number of nitrogens with one attached hydrogen (secondary N) is 1. The lowest BCUT2D eigenvalue weighted by Crippen LogP contribution is -2.48. The van der Waals surface area contributed by atoms with Crippen LogP contribution in [0.4, 0.5) is 13.2 Å². The molecule has 1 N–H and O–H groups in total. The lowest BCUT2D eigenvalue weighted by Gasteiger charge is -2.35. The molecule has 1 atom stereocenters. The smallest absolute Gasteiger partial charge is 0.338 e. The highest BCUT2D eigenvalue weighted by Crippen LogP contribution is 2.49. The van der Waals surface area contributed by atoms with E-state index in [0.29, 0.717) is 17.9 Å². The van der Waals surface area contributed by atoms with Crippen LogP contribution in [0.25, 0.3) is 0 Å². The van der Waals surface area contributed by atoms with Crippen molar-refractivity contribution < 1.29 is 18.0 Å². The Balaban J connectivity index is 0.00000106. The summed E-state index contributed by atoms with van der Waals surface area (Å²) in [5.41, 5.74) is -1.35. The lowest BCUT2D eigenvalue weighted by atomic mass is 9.70. The molecule has 21 heavy (non-hydrogen) atoms. The molecule has 0 bridgehead atoms. The number of halogens is 3. The molecular weight excluding hydrogens is 279 g/mol. The van der Waals surface area contributed by atoms with Crippen LogP contribution < -0.4 is 5.32 Å². The minimum absolute atomic E-state index is 0.00341. The maximum atomic E-state index is 12.8. The van der Waals surface area contributed by atoms with Gasteiger partial charge >= 0.3 is 6.18 Å². The van der Waals surface area contributed by atoms with Crippen molar-refractivity contribution in [2.45, 2.75) is 58.2 Å². The van der Waals surface area contributed by atoms with Crippen molar-refractivity contribution in [3.8, 4) is 0 Å². The van der Waals surface area contributed by atoms with Crippen molar-refractivity contribution in [2.24, 2.45) is 11.3 Å². The molecule has 0 aromatic rings. The molecule has 2 rings (SSSR count). The molecule has 0 aliphatic heterocycles. The fourth-order valence-electron chi connectivity index (χ4n) is 2.36. The van der Waals surface area contributed by atoms with Gasteiger partial charge in [0, 0.05) is 5.57 Å². The summed E-state index contributed by atoms with van der Waals surface area (Å²) in [6.45, 7) is 12.3. The second-order valence-corrected chi connectivity index (χ2v) is 6.56. The lowest BCUT2D eigenvalue weighted by molar-refractivity contribution is -0.169. The number of hydrogen-bond acceptors (Lipinski definition) is 1. The number of amides is 1. The van der Waals surface area contributed by atoms with Crippen molar-refractivity contribution in [1.29, 1.82) is 0 Å². The Morgan fingerprint density at radius 2 is 1.86 bits per heavy atom. The third-order valence-corrected chi connectivity index (χ3v) is 4.67. The van der Waals surface area contributed by atoms with Crippen LogP contribution in [-0.4, -0.2) is 17.6 Å². The van der Waals surface area contributed by atoms with Crippen molar-refractivity contribution >= 4 is 5.91 Å². The maximum Gasteiger partial charge on any atom is 0.411 e. The van der Waals surface area contributed by atoms with Gasteiger partial charge in [0.2, 0.25) is 5.91 Å². The Kier molecular flexibility index (Phi) is 4.96. The third kappa shape index (κ3) is 3.69. The van der Waals surface area contributed by atoms with Crippen LogP contribution in [-0.2, 0) is 4.79 Å². The zero-order chi connectivity index (χ0) is 16.5. The second-order valence-electron chi connectivity index (χ2n) is 6.56. The molecular formula is C16H24F3NO. The van der Waals surface area contributed by atoms with Crippen LogP contribution in [0.2, 0.25) is 0 Å².